The SMILES string of the molecule is Fc1ccc(C2CCC3CCC2N3C/C=C/I)cc1. The van der Waals surface area contributed by atoms with E-state index >= 15 is 0 Å². The molecule has 3 heteroatoms. The summed E-state index contributed by atoms with van der Waals surface area (Å²) in [6.45, 7) is 1.07. The minimum absolute atomic E-state index is 0.131. The van der Waals surface area contributed by atoms with Gasteiger partial charge < -0.3 is 0 Å². The number of piperidine rings is 1. The number of halogens is 2. The van der Waals surface area contributed by atoms with Crippen LogP contribution in [0.3, 0.4) is 0 Å². The van der Waals surface area contributed by atoms with E-state index in [4.69, 9.17) is 0 Å². The van der Waals surface area contributed by atoms with Crippen LogP contribution in [0.25, 0.3) is 0 Å². The predicted molar refractivity (Wildman–Crippen MR) is 85.1 cm³/mol. The Bertz CT molecular complexity index is 456. The molecule has 2 fully saturated rings. The first-order valence-electron chi connectivity index (χ1n) is 7.06. The van der Waals surface area contributed by atoms with E-state index in [0.29, 0.717) is 12.0 Å². The third-order valence-electron chi connectivity index (χ3n) is 4.67. The number of benzene rings is 1. The largest absolute Gasteiger partial charge is 0.293 e. The molecule has 1 aromatic carbocycles. The fourth-order valence-electron chi connectivity index (χ4n) is 3.82. The third kappa shape index (κ3) is 2.72. The van der Waals surface area contributed by atoms with Crippen LogP contribution in [0.5, 0.6) is 0 Å². The molecule has 0 spiro atoms. The van der Waals surface area contributed by atoms with E-state index in [1.807, 2.05) is 12.1 Å². The molecule has 2 aliphatic heterocycles. The van der Waals surface area contributed by atoms with Crippen LogP contribution in [0.2, 0.25) is 0 Å². The maximum absolute atomic E-state index is 13.1. The molecule has 0 aliphatic carbocycles. The van der Waals surface area contributed by atoms with Gasteiger partial charge in [-0.2, -0.15) is 0 Å². The second-order valence-corrected chi connectivity index (χ2v) is 6.31. The van der Waals surface area contributed by atoms with Crippen LogP contribution in [0, 0.1) is 5.82 Å². The average Bonchev–Trinajstić information content (AvgIpc) is 2.69. The quantitative estimate of drug-likeness (QED) is 0.708. The van der Waals surface area contributed by atoms with E-state index in [1.54, 1.807) is 12.1 Å². The van der Waals surface area contributed by atoms with Crippen molar-refractivity contribution in [3.05, 3.63) is 45.8 Å². The molecule has 3 unspecified atom stereocenters. The summed E-state index contributed by atoms with van der Waals surface area (Å²) in [5.74, 6) is 0.454. The molecule has 0 radical (unpaired) electrons. The van der Waals surface area contributed by atoms with Crippen molar-refractivity contribution in [1.82, 2.24) is 4.90 Å². The maximum atomic E-state index is 13.1. The van der Waals surface area contributed by atoms with Crippen molar-refractivity contribution in [1.29, 1.82) is 0 Å². The Morgan fingerprint density at radius 1 is 1.16 bits per heavy atom. The molecule has 3 atom stereocenters. The highest BCUT2D eigenvalue weighted by Gasteiger charge is 2.41. The molecule has 0 N–H and O–H groups in total. The molecule has 1 nitrogen and oxygen atoms in total. The molecule has 0 amide bonds. The number of fused-ring (bicyclic) bond motifs is 2. The highest BCUT2D eigenvalue weighted by atomic mass is 127. The van der Waals surface area contributed by atoms with E-state index in [1.165, 1.54) is 31.2 Å². The summed E-state index contributed by atoms with van der Waals surface area (Å²) in [5, 5.41) is 0. The molecule has 1 aromatic rings. The second kappa shape index (κ2) is 5.92. The number of hydrogen-bond donors (Lipinski definition) is 0. The van der Waals surface area contributed by atoms with Crippen molar-refractivity contribution in [2.75, 3.05) is 6.54 Å². The standard InChI is InChI=1S/C16H19FIN/c17-13-4-2-12(3-5-13)15-8-6-14-7-9-16(15)19(14)11-1-10-18/h1-5,10,14-16H,6-9,11H2/b10-1+. The molecule has 2 heterocycles. The number of nitrogens with zero attached hydrogens (tertiary/aromatic N) is 1. The molecule has 2 aliphatic rings. The summed E-state index contributed by atoms with van der Waals surface area (Å²) >= 11 is 2.29. The van der Waals surface area contributed by atoms with Gasteiger partial charge >= 0.3 is 0 Å². The maximum Gasteiger partial charge on any atom is 0.123 e. The Kier molecular flexibility index (Phi) is 4.22. The zero-order chi connectivity index (χ0) is 13.2. The Balaban J connectivity index is 1.81. The zero-order valence-electron chi connectivity index (χ0n) is 10.9. The van der Waals surface area contributed by atoms with Gasteiger partial charge in [0.25, 0.3) is 0 Å². The molecule has 3 rings (SSSR count). The van der Waals surface area contributed by atoms with Crippen molar-refractivity contribution in [2.24, 2.45) is 0 Å². The lowest BCUT2D eigenvalue weighted by Gasteiger charge is -2.39. The van der Waals surface area contributed by atoms with Gasteiger partial charge in [-0.3, -0.25) is 4.90 Å². The van der Waals surface area contributed by atoms with Gasteiger partial charge in [-0.05, 0) is 53.4 Å². The van der Waals surface area contributed by atoms with Gasteiger partial charge in [0, 0.05) is 18.6 Å². The zero-order valence-corrected chi connectivity index (χ0v) is 13.1. The Labute approximate surface area is 128 Å². The molecule has 19 heavy (non-hydrogen) atoms. The van der Waals surface area contributed by atoms with Crippen molar-refractivity contribution < 1.29 is 4.39 Å². The average molecular weight is 371 g/mol. The van der Waals surface area contributed by atoms with Crippen LogP contribution in [-0.4, -0.2) is 23.5 Å². The smallest absolute Gasteiger partial charge is 0.123 e. The lowest BCUT2D eigenvalue weighted by atomic mass is 9.84. The van der Waals surface area contributed by atoms with Gasteiger partial charge in [-0.25, -0.2) is 4.39 Å². The van der Waals surface area contributed by atoms with Crippen LogP contribution in [0.4, 0.5) is 4.39 Å². The van der Waals surface area contributed by atoms with Crippen molar-refractivity contribution in [3.8, 4) is 0 Å². The summed E-state index contributed by atoms with van der Waals surface area (Å²) in [6.07, 6.45) is 7.41. The molecule has 0 aromatic heterocycles. The highest BCUT2D eigenvalue weighted by molar-refractivity contribution is 14.1. The summed E-state index contributed by atoms with van der Waals surface area (Å²) in [5.41, 5.74) is 1.32. The summed E-state index contributed by atoms with van der Waals surface area (Å²) in [4.78, 5) is 2.66. The monoisotopic (exact) mass is 371 g/mol. The van der Waals surface area contributed by atoms with Crippen molar-refractivity contribution in [3.63, 3.8) is 0 Å². The molecule has 2 bridgehead atoms. The van der Waals surface area contributed by atoms with Crippen molar-refractivity contribution >= 4 is 22.6 Å². The van der Waals surface area contributed by atoms with Gasteiger partial charge in [0.05, 0.1) is 0 Å². The van der Waals surface area contributed by atoms with Crippen LogP contribution >= 0.6 is 22.6 Å². The molecular formula is C16H19FIN. The van der Waals surface area contributed by atoms with Gasteiger partial charge in [0.2, 0.25) is 0 Å². The lowest BCUT2D eigenvalue weighted by Crippen LogP contribution is -2.43. The Hall–Kier alpha value is -0.420. The summed E-state index contributed by atoms with van der Waals surface area (Å²) in [6, 6.07) is 8.58. The van der Waals surface area contributed by atoms with E-state index in [-0.39, 0.29) is 5.82 Å². The van der Waals surface area contributed by atoms with Crippen molar-refractivity contribution in [2.45, 2.75) is 43.7 Å². The third-order valence-corrected chi connectivity index (χ3v) is 5.18. The number of hydrogen-bond acceptors (Lipinski definition) is 1. The Morgan fingerprint density at radius 3 is 2.63 bits per heavy atom. The highest BCUT2D eigenvalue weighted by Crippen LogP contribution is 2.43. The van der Waals surface area contributed by atoms with E-state index in [2.05, 4.69) is 37.6 Å². The molecule has 2 saturated heterocycles. The van der Waals surface area contributed by atoms with Gasteiger partial charge in [-0.15, -0.1) is 0 Å². The van der Waals surface area contributed by atoms with Gasteiger partial charge in [-0.1, -0.05) is 40.8 Å². The fourth-order valence-corrected chi connectivity index (χ4v) is 4.04. The van der Waals surface area contributed by atoms with Gasteiger partial charge in [0.1, 0.15) is 5.82 Å². The first-order chi connectivity index (χ1) is 9.29. The summed E-state index contributed by atoms with van der Waals surface area (Å²) < 4.78 is 15.2. The minimum atomic E-state index is -0.131. The fraction of sp³-hybridized carbons (Fsp3) is 0.500. The van der Waals surface area contributed by atoms with Crippen LogP contribution in [-0.2, 0) is 0 Å². The summed E-state index contributed by atoms with van der Waals surface area (Å²) in [7, 11) is 0. The van der Waals surface area contributed by atoms with Crippen LogP contribution in [0.1, 0.15) is 37.2 Å². The van der Waals surface area contributed by atoms with E-state index in [9.17, 15) is 4.39 Å². The molecule has 0 saturated carbocycles. The van der Waals surface area contributed by atoms with Crippen LogP contribution < -0.4 is 0 Å². The molecule has 102 valence electrons. The topological polar surface area (TPSA) is 3.24 Å². The van der Waals surface area contributed by atoms with Crippen LogP contribution in [0.15, 0.2) is 34.4 Å². The van der Waals surface area contributed by atoms with Gasteiger partial charge in [0.15, 0.2) is 0 Å². The predicted octanol–water partition coefficient (Wildman–Crippen LogP) is 4.48. The second-order valence-electron chi connectivity index (χ2n) is 5.59. The Morgan fingerprint density at radius 2 is 1.89 bits per heavy atom. The van der Waals surface area contributed by atoms with E-state index in [0.717, 1.165) is 12.6 Å². The first kappa shape index (κ1) is 13.6. The molecular weight excluding hydrogens is 352 g/mol. The first-order valence-corrected chi connectivity index (χ1v) is 8.30. The normalized spacial score (nSPS) is 31.2. The lowest BCUT2D eigenvalue weighted by molar-refractivity contribution is 0.137. The number of rotatable bonds is 3. The minimum Gasteiger partial charge on any atom is -0.293 e. The van der Waals surface area contributed by atoms with E-state index < -0.39 is 0 Å².